The monoisotopic (exact) mass is 434 g/mol. The van der Waals surface area contributed by atoms with E-state index >= 15 is 0 Å². The number of halogens is 3. The quantitative estimate of drug-likeness (QED) is 0.642. The lowest BCUT2D eigenvalue weighted by molar-refractivity contribution is -0.137. The normalized spacial score (nSPS) is 14.6. The number of nitrogens with zero attached hydrogens (tertiary/aromatic N) is 1. The van der Waals surface area contributed by atoms with Gasteiger partial charge in [0.2, 0.25) is 5.91 Å². The number of alkyl halides is 3. The number of nitrogens with one attached hydrogen (secondary N) is 1. The fraction of sp³-hybridized carbons (Fsp3) is 0.318. The van der Waals surface area contributed by atoms with Gasteiger partial charge < -0.3 is 24.1 Å². The third-order valence-corrected chi connectivity index (χ3v) is 5.16. The van der Waals surface area contributed by atoms with Crippen LogP contribution in [-0.4, -0.2) is 39.3 Å². The van der Waals surface area contributed by atoms with Gasteiger partial charge in [-0.05, 0) is 30.3 Å². The summed E-state index contributed by atoms with van der Waals surface area (Å²) in [6, 6.07) is 8.63. The van der Waals surface area contributed by atoms with Crippen molar-refractivity contribution >= 4 is 28.3 Å². The molecule has 2 aromatic carbocycles. The van der Waals surface area contributed by atoms with E-state index in [1.54, 1.807) is 25.3 Å². The summed E-state index contributed by atoms with van der Waals surface area (Å²) < 4.78 is 55.7. The largest absolute Gasteiger partial charge is 0.497 e. The molecule has 1 aliphatic heterocycles. The molecule has 1 N–H and O–H groups in total. The third kappa shape index (κ3) is 4.61. The lowest BCUT2D eigenvalue weighted by Gasteiger charge is -2.31. The first-order valence-electron chi connectivity index (χ1n) is 9.73. The van der Waals surface area contributed by atoms with E-state index in [2.05, 4.69) is 5.32 Å². The summed E-state index contributed by atoms with van der Waals surface area (Å²) in [5.74, 6) is 0.185. The number of rotatable bonds is 5. The minimum atomic E-state index is -4.51. The van der Waals surface area contributed by atoms with Gasteiger partial charge in [-0.25, -0.2) is 0 Å². The van der Waals surface area contributed by atoms with Crippen molar-refractivity contribution in [1.29, 1.82) is 0 Å². The number of anilines is 2. The minimum Gasteiger partial charge on any atom is -0.497 e. The van der Waals surface area contributed by atoms with Gasteiger partial charge in [0.05, 0.1) is 49.9 Å². The molecule has 1 amide bonds. The van der Waals surface area contributed by atoms with Crippen LogP contribution in [0.25, 0.3) is 11.0 Å². The van der Waals surface area contributed by atoms with Crippen LogP contribution in [0.3, 0.4) is 0 Å². The summed E-state index contributed by atoms with van der Waals surface area (Å²) in [6.45, 7) is 2.00. The number of ether oxygens (including phenoxy) is 2. The Labute approximate surface area is 176 Å². The van der Waals surface area contributed by atoms with Gasteiger partial charge in [0.1, 0.15) is 11.3 Å². The number of amides is 1. The number of morpholine rings is 1. The molecule has 0 spiro atoms. The van der Waals surface area contributed by atoms with Crippen molar-refractivity contribution in [3.05, 3.63) is 53.8 Å². The molecular formula is C22H21F3N2O4. The highest BCUT2D eigenvalue weighted by Crippen LogP contribution is 2.36. The summed E-state index contributed by atoms with van der Waals surface area (Å²) in [7, 11) is 1.54. The number of methoxy groups -OCH3 is 1. The Bertz CT molecular complexity index is 1090. The summed E-state index contributed by atoms with van der Waals surface area (Å²) in [6.07, 6.45) is -3.08. The molecule has 0 unspecified atom stereocenters. The van der Waals surface area contributed by atoms with Crippen LogP contribution in [0, 0.1) is 0 Å². The van der Waals surface area contributed by atoms with E-state index in [4.69, 9.17) is 13.9 Å². The van der Waals surface area contributed by atoms with E-state index in [0.717, 1.165) is 17.5 Å². The average Bonchev–Trinajstić information content (AvgIpc) is 3.15. The van der Waals surface area contributed by atoms with Crippen LogP contribution in [0.2, 0.25) is 0 Å². The Morgan fingerprint density at radius 3 is 2.65 bits per heavy atom. The fourth-order valence-corrected chi connectivity index (χ4v) is 3.59. The van der Waals surface area contributed by atoms with Gasteiger partial charge in [0.25, 0.3) is 0 Å². The highest BCUT2D eigenvalue weighted by Gasteiger charge is 2.32. The first-order valence-corrected chi connectivity index (χ1v) is 9.73. The third-order valence-electron chi connectivity index (χ3n) is 5.16. The standard InChI is InChI=1S/C22H21F3N2O4/c1-29-16-3-4-17-14(13-31-20(17)12-16)10-21(28)26-18-11-15(22(23,24)25)2-5-19(18)27-6-8-30-9-7-27/h2-5,11-13H,6-10H2,1H3,(H,26,28). The molecule has 9 heteroatoms. The molecule has 1 aromatic heterocycles. The second-order valence-corrected chi connectivity index (χ2v) is 7.18. The Balaban J connectivity index is 1.59. The van der Waals surface area contributed by atoms with E-state index in [1.807, 2.05) is 4.90 Å². The second kappa shape index (κ2) is 8.50. The lowest BCUT2D eigenvalue weighted by atomic mass is 10.1. The number of fused-ring (bicyclic) bond motifs is 1. The molecule has 0 saturated carbocycles. The zero-order valence-corrected chi connectivity index (χ0v) is 16.8. The SMILES string of the molecule is COc1ccc2c(CC(=O)Nc3cc(C(F)(F)F)ccc3N3CCOCC3)coc2c1. The number of benzene rings is 2. The van der Waals surface area contributed by atoms with E-state index < -0.39 is 17.6 Å². The van der Waals surface area contributed by atoms with E-state index in [-0.39, 0.29) is 12.1 Å². The number of hydrogen-bond donors (Lipinski definition) is 1. The van der Waals surface area contributed by atoms with Crippen LogP contribution in [0.1, 0.15) is 11.1 Å². The first kappa shape index (κ1) is 21.0. The van der Waals surface area contributed by atoms with Gasteiger partial charge >= 0.3 is 6.18 Å². The molecule has 164 valence electrons. The van der Waals surface area contributed by atoms with Gasteiger partial charge in [-0.3, -0.25) is 4.79 Å². The van der Waals surface area contributed by atoms with Crippen molar-refractivity contribution in [3.8, 4) is 5.75 Å². The van der Waals surface area contributed by atoms with Gasteiger partial charge in [-0.15, -0.1) is 0 Å². The predicted octanol–water partition coefficient (Wildman–Crippen LogP) is 4.48. The van der Waals surface area contributed by atoms with Crippen LogP contribution in [-0.2, 0) is 22.1 Å². The number of carbonyl (C=O) groups is 1. The molecule has 1 saturated heterocycles. The Morgan fingerprint density at radius 2 is 1.94 bits per heavy atom. The summed E-state index contributed by atoms with van der Waals surface area (Å²) >= 11 is 0. The topological polar surface area (TPSA) is 63.9 Å². The van der Waals surface area contributed by atoms with Crippen molar-refractivity contribution in [2.24, 2.45) is 0 Å². The van der Waals surface area contributed by atoms with Crippen LogP contribution in [0.15, 0.2) is 47.1 Å². The number of carbonyl (C=O) groups excluding carboxylic acids is 1. The molecule has 0 bridgehead atoms. The first-order chi connectivity index (χ1) is 14.8. The molecular weight excluding hydrogens is 413 g/mol. The Morgan fingerprint density at radius 1 is 1.16 bits per heavy atom. The summed E-state index contributed by atoms with van der Waals surface area (Å²) in [5, 5.41) is 3.40. The van der Waals surface area contributed by atoms with Crippen molar-refractivity contribution in [2.75, 3.05) is 43.6 Å². The minimum absolute atomic E-state index is 0.0435. The maximum Gasteiger partial charge on any atom is 0.416 e. The average molecular weight is 434 g/mol. The lowest BCUT2D eigenvalue weighted by Crippen LogP contribution is -2.37. The molecule has 3 aromatic rings. The van der Waals surface area contributed by atoms with Crippen LogP contribution in [0.5, 0.6) is 5.75 Å². The van der Waals surface area contributed by atoms with Gasteiger partial charge in [0.15, 0.2) is 0 Å². The van der Waals surface area contributed by atoms with E-state index in [0.29, 0.717) is 48.9 Å². The molecule has 6 nitrogen and oxygen atoms in total. The highest BCUT2D eigenvalue weighted by atomic mass is 19.4. The Hall–Kier alpha value is -3.20. The second-order valence-electron chi connectivity index (χ2n) is 7.18. The molecule has 2 heterocycles. The zero-order chi connectivity index (χ0) is 22.0. The molecule has 31 heavy (non-hydrogen) atoms. The predicted molar refractivity (Wildman–Crippen MR) is 110 cm³/mol. The van der Waals surface area contributed by atoms with Gasteiger partial charge in [-0.2, -0.15) is 13.2 Å². The van der Waals surface area contributed by atoms with E-state index in [9.17, 15) is 18.0 Å². The molecule has 0 aliphatic carbocycles. The van der Waals surface area contributed by atoms with Crippen LogP contribution < -0.4 is 15.0 Å². The zero-order valence-electron chi connectivity index (χ0n) is 16.8. The number of furan rings is 1. The van der Waals surface area contributed by atoms with Crippen molar-refractivity contribution in [1.82, 2.24) is 0 Å². The summed E-state index contributed by atoms with van der Waals surface area (Å²) in [5.41, 5.74) is 1.04. The van der Waals surface area contributed by atoms with Gasteiger partial charge in [-0.1, -0.05) is 0 Å². The maximum atomic E-state index is 13.3. The molecule has 1 fully saturated rings. The maximum absolute atomic E-state index is 13.3. The van der Waals surface area contributed by atoms with Gasteiger partial charge in [0, 0.05) is 30.1 Å². The van der Waals surface area contributed by atoms with Crippen LogP contribution in [0.4, 0.5) is 24.5 Å². The van der Waals surface area contributed by atoms with Crippen LogP contribution >= 0.6 is 0 Å². The molecule has 0 atom stereocenters. The number of hydrogen-bond acceptors (Lipinski definition) is 5. The fourth-order valence-electron chi connectivity index (χ4n) is 3.59. The summed E-state index contributed by atoms with van der Waals surface area (Å²) in [4.78, 5) is 14.6. The molecule has 1 aliphatic rings. The van der Waals surface area contributed by atoms with Crippen molar-refractivity contribution in [2.45, 2.75) is 12.6 Å². The molecule has 0 radical (unpaired) electrons. The molecule has 4 rings (SSSR count). The van der Waals surface area contributed by atoms with E-state index in [1.165, 1.54) is 12.3 Å². The van der Waals surface area contributed by atoms with Crippen molar-refractivity contribution < 1.29 is 31.9 Å². The smallest absolute Gasteiger partial charge is 0.416 e. The Kier molecular flexibility index (Phi) is 5.77. The van der Waals surface area contributed by atoms with Crippen molar-refractivity contribution in [3.63, 3.8) is 0 Å². The highest BCUT2D eigenvalue weighted by molar-refractivity contribution is 5.98.